The topological polar surface area (TPSA) is 42.0 Å². The van der Waals surface area contributed by atoms with E-state index in [-0.39, 0.29) is 5.91 Å². The summed E-state index contributed by atoms with van der Waals surface area (Å²) in [7, 11) is 3.18. The van der Waals surface area contributed by atoms with E-state index in [1.807, 2.05) is 4.90 Å². The van der Waals surface area contributed by atoms with Crippen molar-refractivity contribution in [3.8, 4) is 11.5 Å². The molecular weight excluding hydrogens is 328 g/mol. The molecule has 5 heteroatoms. The molecule has 0 aromatic heterocycles. The first-order valence-corrected chi connectivity index (χ1v) is 9.01. The highest BCUT2D eigenvalue weighted by atomic mass is 16.5. The first-order chi connectivity index (χ1) is 12.7. The fourth-order valence-electron chi connectivity index (χ4n) is 3.83. The number of hydrogen-bond donors (Lipinski definition) is 0. The molecule has 0 N–H and O–H groups in total. The number of ether oxygens (including phenoxy) is 2. The van der Waals surface area contributed by atoms with Gasteiger partial charge in [0.05, 0.1) is 19.8 Å². The van der Waals surface area contributed by atoms with Crippen molar-refractivity contribution in [3.63, 3.8) is 0 Å². The number of likely N-dealkylation sites (tertiary alicyclic amines) is 1. The lowest BCUT2D eigenvalue weighted by Gasteiger charge is -2.47. The van der Waals surface area contributed by atoms with E-state index in [1.54, 1.807) is 32.4 Å². The summed E-state index contributed by atoms with van der Waals surface area (Å²) >= 11 is 0. The van der Waals surface area contributed by atoms with Crippen molar-refractivity contribution in [2.24, 2.45) is 0 Å². The predicted molar refractivity (Wildman–Crippen MR) is 99.8 cm³/mol. The molecule has 1 saturated heterocycles. The van der Waals surface area contributed by atoms with Crippen LogP contribution in [0.15, 0.2) is 42.5 Å². The number of amides is 1. The molecule has 2 aromatic rings. The molecule has 1 amide bonds. The summed E-state index contributed by atoms with van der Waals surface area (Å²) in [6.07, 6.45) is 1.09. The van der Waals surface area contributed by atoms with E-state index >= 15 is 0 Å². The maximum Gasteiger partial charge on any atom is 0.257 e. The highest BCUT2D eigenvalue weighted by Gasteiger charge is 2.37. The normalized spacial score (nSPS) is 17.4. The molecule has 0 atom stereocenters. The van der Waals surface area contributed by atoms with E-state index in [0.717, 1.165) is 32.6 Å². The van der Waals surface area contributed by atoms with E-state index < -0.39 is 0 Å². The molecule has 0 unspecified atom stereocenters. The van der Waals surface area contributed by atoms with Gasteiger partial charge in [-0.2, -0.15) is 0 Å². The Hall–Kier alpha value is -2.53. The van der Waals surface area contributed by atoms with Crippen molar-refractivity contribution < 1.29 is 14.3 Å². The fourth-order valence-corrected chi connectivity index (χ4v) is 3.83. The quantitative estimate of drug-likeness (QED) is 0.848. The Bertz CT molecular complexity index is 815. The monoisotopic (exact) mass is 352 g/mol. The minimum absolute atomic E-state index is 0.0261. The SMILES string of the molecule is COc1ccc(C(=O)N2CC(N3CCc4ccccc4C3)C2)c(OC)c1. The summed E-state index contributed by atoms with van der Waals surface area (Å²) < 4.78 is 10.6. The van der Waals surface area contributed by atoms with E-state index in [9.17, 15) is 4.79 Å². The standard InChI is InChI=1S/C21H24N2O3/c1-25-18-7-8-19(20(11-18)26-2)21(24)23-13-17(14-23)22-10-9-15-5-3-4-6-16(15)12-22/h3-8,11,17H,9-10,12-14H2,1-2H3. The molecule has 4 rings (SSSR count). The average molecular weight is 352 g/mol. The predicted octanol–water partition coefficient (Wildman–Crippen LogP) is 2.59. The van der Waals surface area contributed by atoms with Gasteiger partial charge in [0.2, 0.25) is 0 Å². The second-order valence-corrected chi connectivity index (χ2v) is 6.92. The van der Waals surface area contributed by atoms with Crippen LogP contribution in [0.4, 0.5) is 0 Å². The van der Waals surface area contributed by atoms with Crippen molar-refractivity contribution in [2.45, 2.75) is 19.0 Å². The van der Waals surface area contributed by atoms with Crippen LogP contribution in [0.25, 0.3) is 0 Å². The molecule has 136 valence electrons. The molecular formula is C21H24N2O3. The molecule has 0 saturated carbocycles. The van der Waals surface area contributed by atoms with Gasteiger partial charge >= 0.3 is 0 Å². The zero-order valence-corrected chi connectivity index (χ0v) is 15.3. The summed E-state index contributed by atoms with van der Waals surface area (Å²) in [5, 5.41) is 0. The largest absolute Gasteiger partial charge is 0.497 e. The van der Waals surface area contributed by atoms with Gasteiger partial charge in [0, 0.05) is 38.3 Å². The summed E-state index contributed by atoms with van der Waals surface area (Å²) in [6, 6.07) is 14.4. The van der Waals surface area contributed by atoms with Crippen LogP contribution in [0.2, 0.25) is 0 Å². The molecule has 2 heterocycles. The van der Waals surface area contributed by atoms with Crippen molar-refractivity contribution in [3.05, 3.63) is 59.2 Å². The van der Waals surface area contributed by atoms with Crippen LogP contribution in [-0.2, 0) is 13.0 Å². The highest BCUT2D eigenvalue weighted by molar-refractivity contribution is 5.97. The second-order valence-electron chi connectivity index (χ2n) is 6.92. The van der Waals surface area contributed by atoms with Gasteiger partial charge in [-0.15, -0.1) is 0 Å². The van der Waals surface area contributed by atoms with Gasteiger partial charge < -0.3 is 14.4 Å². The fraction of sp³-hybridized carbons (Fsp3) is 0.381. The van der Waals surface area contributed by atoms with Gasteiger partial charge in [-0.1, -0.05) is 24.3 Å². The Labute approximate surface area is 154 Å². The first kappa shape index (κ1) is 16.9. The van der Waals surface area contributed by atoms with Crippen molar-refractivity contribution in [1.29, 1.82) is 0 Å². The van der Waals surface area contributed by atoms with Gasteiger partial charge in [0.15, 0.2) is 0 Å². The number of nitrogens with zero attached hydrogens (tertiary/aromatic N) is 2. The molecule has 2 aliphatic heterocycles. The number of carbonyl (C=O) groups is 1. The smallest absolute Gasteiger partial charge is 0.257 e. The Balaban J connectivity index is 1.40. The Morgan fingerprint density at radius 3 is 2.54 bits per heavy atom. The van der Waals surface area contributed by atoms with Crippen LogP contribution in [0.3, 0.4) is 0 Å². The zero-order valence-electron chi connectivity index (χ0n) is 15.3. The lowest BCUT2D eigenvalue weighted by Crippen LogP contribution is -2.61. The average Bonchev–Trinajstić information content (AvgIpc) is 2.66. The van der Waals surface area contributed by atoms with Gasteiger partial charge in [0.1, 0.15) is 11.5 Å². The molecule has 0 spiro atoms. The number of methoxy groups -OCH3 is 2. The molecule has 26 heavy (non-hydrogen) atoms. The first-order valence-electron chi connectivity index (χ1n) is 9.01. The molecule has 2 aliphatic rings. The Morgan fingerprint density at radius 1 is 1.04 bits per heavy atom. The third kappa shape index (κ3) is 3.03. The number of rotatable bonds is 4. The van der Waals surface area contributed by atoms with Crippen molar-refractivity contribution >= 4 is 5.91 Å². The number of fused-ring (bicyclic) bond motifs is 1. The third-order valence-corrected chi connectivity index (χ3v) is 5.47. The lowest BCUT2D eigenvalue weighted by molar-refractivity contribution is 0.0216. The van der Waals surface area contributed by atoms with Gasteiger partial charge in [0.25, 0.3) is 5.91 Å². The van der Waals surface area contributed by atoms with Crippen molar-refractivity contribution in [2.75, 3.05) is 33.9 Å². The molecule has 2 aromatic carbocycles. The zero-order chi connectivity index (χ0) is 18.1. The lowest BCUT2D eigenvalue weighted by atomic mass is 9.96. The van der Waals surface area contributed by atoms with Crippen LogP contribution >= 0.6 is 0 Å². The van der Waals surface area contributed by atoms with Crippen LogP contribution < -0.4 is 9.47 Å². The summed E-state index contributed by atoms with van der Waals surface area (Å²) in [4.78, 5) is 17.2. The van der Waals surface area contributed by atoms with E-state index in [2.05, 4.69) is 29.2 Å². The Kier molecular flexibility index (Phi) is 4.55. The number of carbonyl (C=O) groups excluding carboxylic acids is 1. The summed E-state index contributed by atoms with van der Waals surface area (Å²) in [6.45, 7) is 3.59. The minimum Gasteiger partial charge on any atom is -0.497 e. The van der Waals surface area contributed by atoms with Gasteiger partial charge in [-0.05, 0) is 29.7 Å². The summed E-state index contributed by atoms with van der Waals surface area (Å²) in [5.74, 6) is 1.27. The van der Waals surface area contributed by atoms with Crippen LogP contribution in [-0.4, -0.2) is 55.6 Å². The maximum atomic E-state index is 12.8. The van der Waals surface area contributed by atoms with Gasteiger partial charge in [-0.3, -0.25) is 9.69 Å². The molecule has 0 bridgehead atoms. The molecule has 0 radical (unpaired) electrons. The number of hydrogen-bond acceptors (Lipinski definition) is 4. The number of benzene rings is 2. The van der Waals surface area contributed by atoms with E-state index in [1.165, 1.54) is 11.1 Å². The summed E-state index contributed by atoms with van der Waals surface area (Å²) in [5.41, 5.74) is 3.47. The van der Waals surface area contributed by atoms with Crippen LogP contribution in [0.1, 0.15) is 21.5 Å². The van der Waals surface area contributed by atoms with Crippen LogP contribution in [0.5, 0.6) is 11.5 Å². The van der Waals surface area contributed by atoms with E-state index in [4.69, 9.17) is 9.47 Å². The Morgan fingerprint density at radius 2 is 1.81 bits per heavy atom. The highest BCUT2D eigenvalue weighted by Crippen LogP contribution is 2.29. The van der Waals surface area contributed by atoms with Crippen molar-refractivity contribution in [1.82, 2.24) is 9.80 Å². The molecule has 5 nitrogen and oxygen atoms in total. The molecule has 1 fully saturated rings. The second kappa shape index (κ2) is 7.00. The van der Waals surface area contributed by atoms with Crippen LogP contribution in [0, 0.1) is 0 Å². The third-order valence-electron chi connectivity index (χ3n) is 5.47. The van der Waals surface area contributed by atoms with E-state index in [0.29, 0.717) is 23.1 Å². The van der Waals surface area contributed by atoms with Gasteiger partial charge in [-0.25, -0.2) is 0 Å². The minimum atomic E-state index is 0.0261. The maximum absolute atomic E-state index is 12.8. The molecule has 0 aliphatic carbocycles.